The Balaban J connectivity index is 1.16. The minimum absolute atomic E-state index is 0.00148. The first kappa shape index (κ1) is 37.9. The number of alkyl carbamates (subject to hydrolysis) is 1. The maximum atomic E-state index is 14.8. The van der Waals surface area contributed by atoms with E-state index in [4.69, 9.17) is 4.74 Å². The van der Waals surface area contributed by atoms with Gasteiger partial charge in [0.25, 0.3) is 11.5 Å². The van der Waals surface area contributed by atoms with Gasteiger partial charge in [0.2, 0.25) is 5.91 Å². The molecule has 1 unspecified atom stereocenters. The van der Waals surface area contributed by atoms with E-state index in [1.165, 1.54) is 35.2 Å². The lowest BCUT2D eigenvalue weighted by Crippen LogP contribution is -2.41. The van der Waals surface area contributed by atoms with Crippen molar-refractivity contribution in [1.29, 1.82) is 0 Å². The number of pyridine rings is 1. The van der Waals surface area contributed by atoms with E-state index in [0.29, 0.717) is 11.3 Å². The highest BCUT2D eigenvalue weighted by atomic mass is 19.4. The average molecular weight is 708 g/mol. The average Bonchev–Trinajstić information content (AvgIpc) is 3.47. The summed E-state index contributed by atoms with van der Waals surface area (Å²) >= 11 is 0. The number of hydrogen-bond acceptors (Lipinski definition) is 8. The monoisotopic (exact) mass is 707 g/mol. The second-order valence-corrected chi connectivity index (χ2v) is 13.2. The van der Waals surface area contributed by atoms with Crippen LogP contribution in [0.15, 0.2) is 53.6 Å². The summed E-state index contributed by atoms with van der Waals surface area (Å²) in [5.74, 6) is -1.16. The Kier molecular flexibility index (Phi) is 12.6. The highest BCUT2D eigenvalue weighted by molar-refractivity contribution is 5.92. The van der Waals surface area contributed by atoms with Gasteiger partial charge in [-0.1, -0.05) is 17.3 Å². The van der Waals surface area contributed by atoms with Crippen LogP contribution in [0.1, 0.15) is 75.3 Å². The molecule has 4 rings (SSSR count). The molecule has 1 aliphatic carbocycles. The van der Waals surface area contributed by atoms with Gasteiger partial charge in [-0.2, -0.15) is 0 Å². The van der Waals surface area contributed by atoms with Gasteiger partial charge < -0.3 is 30.0 Å². The van der Waals surface area contributed by atoms with Gasteiger partial charge in [-0.3, -0.25) is 14.4 Å². The minimum Gasteiger partial charge on any atom is -0.444 e. The molecule has 0 bridgehead atoms. The van der Waals surface area contributed by atoms with Crippen LogP contribution >= 0.6 is 0 Å². The smallest absolute Gasteiger partial charge is 0.444 e. The van der Waals surface area contributed by atoms with E-state index in [1.54, 1.807) is 26.8 Å². The number of carbonyl (C=O) groups excluding carboxylic acids is 3. The van der Waals surface area contributed by atoms with Crippen molar-refractivity contribution in [2.24, 2.45) is 5.92 Å². The van der Waals surface area contributed by atoms with Crippen molar-refractivity contribution in [2.45, 2.75) is 103 Å². The molecule has 3 N–H and O–H groups in total. The summed E-state index contributed by atoms with van der Waals surface area (Å²) < 4.78 is 63.8. The van der Waals surface area contributed by atoms with Crippen LogP contribution in [-0.4, -0.2) is 61.6 Å². The maximum absolute atomic E-state index is 14.8. The van der Waals surface area contributed by atoms with E-state index in [0.717, 1.165) is 42.5 Å². The van der Waals surface area contributed by atoms with Crippen LogP contribution in [0, 0.1) is 5.92 Å². The zero-order chi connectivity index (χ0) is 36.5. The van der Waals surface area contributed by atoms with Crippen molar-refractivity contribution in [3.05, 3.63) is 70.4 Å². The molecule has 1 aliphatic rings. The number of amides is 3. The van der Waals surface area contributed by atoms with Crippen LogP contribution in [-0.2, 0) is 29.2 Å². The fraction of sp³-hybridized carbons (Fsp3) is 0.515. The summed E-state index contributed by atoms with van der Waals surface area (Å²) in [6, 6.07) is 7.96. The number of rotatable bonds is 13. The Morgan fingerprint density at radius 3 is 2.48 bits per heavy atom. The van der Waals surface area contributed by atoms with E-state index >= 15 is 0 Å². The first-order chi connectivity index (χ1) is 23.5. The molecule has 2 heterocycles. The number of nitrogens with one attached hydrogen (secondary N) is 3. The van der Waals surface area contributed by atoms with E-state index in [1.807, 2.05) is 0 Å². The molecule has 3 aromatic rings. The number of anilines is 1. The zero-order valence-corrected chi connectivity index (χ0v) is 28.0. The van der Waals surface area contributed by atoms with Crippen molar-refractivity contribution in [1.82, 2.24) is 30.2 Å². The standard InChI is InChI=1S/C33H41F4N7O6/c1-32(2,3)50-31(48)40-24-9-7-21(8-10-24)16-28(45)39-25-12-14-43(29(46)17-25)13-11-23(34)19-44-20-27(41-42-44)30(47)38-18-22-5-4-6-26(15-22)49-33(35,36)37/h4-6,12,14-15,17,20-21,23-24H,7-11,13,16,18-19H2,1-3H3,(H,38,47)(H,39,45)(H,40,48)/t21-,23?,24-. The molecule has 1 aromatic carbocycles. The molecule has 50 heavy (non-hydrogen) atoms. The molecule has 1 saturated carbocycles. The molecule has 0 saturated heterocycles. The number of halogens is 4. The topological polar surface area (TPSA) is 158 Å². The second kappa shape index (κ2) is 16.6. The molecular weight excluding hydrogens is 666 g/mol. The lowest BCUT2D eigenvalue weighted by Gasteiger charge is -2.29. The zero-order valence-electron chi connectivity index (χ0n) is 28.0. The third-order valence-electron chi connectivity index (χ3n) is 7.75. The van der Waals surface area contributed by atoms with Gasteiger partial charge in [-0.25, -0.2) is 13.9 Å². The van der Waals surface area contributed by atoms with Crippen LogP contribution < -0.4 is 26.2 Å². The summed E-state index contributed by atoms with van der Waals surface area (Å²) in [6.07, 6.45) is -0.774. The van der Waals surface area contributed by atoms with Gasteiger partial charge in [0.1, 0.15) is 17.5 Å². The molecule has 3 amide bonds. The number of carbonyl (C=O) groups is 3. The number of hydrogen-bond donors (Lipinski definition) is 3. The quantitative estimate of drug-likeness (QED) is 0.207. The Labute approximate surface area is 285 Å². The van der Waals surface area contributed by atoms with Crippen LogP contribution in [0.5, 0.6) is 5.75 Å². The normalized spacial score (nSPS) is 17.0. The van der Waals surface area contributed by atoms with Crippen LogP contribution in [0.2, 0.25) is 0 Å². The predicted molar refractivity (Wildman–Crippen MR) is 173 cm³/mol. The first-order valence-corrected chi connectivity index (χ1v) is 16.2. The second-order valence-electron chi connectivity index (χ2n) is 13.2. The number of benzene rings is 1. The van der Waals surface area contributed by atoms with Crippen LogP contribution in [0.3, 0.4) is 0 Å². The molecule has 0 radical (unpaired) electrons. The lowest BCUT2D eigenvalue weighted by molar-refractivity contribution is -0.274. The van der Waals surface area contributed by atoms with Crippen molar-refractivity contribution in [3.8, 4) is 5.75 Å². The highest BCUT2D eigenvalue weighted by Gasteiger charge is 2.31. The lowest BCUT2D eigenvalue weighted by atomic mass is 9.84. The molecule has 272 valence electrons. The van der Waals surface area contributed by atoms with Gasteiger partial charge in [-0.05, 0) is 82.6 Å². The molecule has 1 fully saturated rings. The predicted octanol–water partition coefficient (Wildman–Crippen LogP) is 5.11. The van der Waals surface area contributed by atoms with Gasteiger partial charge in [0.05, 0.1) is 12.7 Å². The van der Waals surface area contributed by atoms with Gasteiger partial charge >= 0.3 is 12.5 Å². The van der Waals surface area contributed by atoms with Crippen molar-refractivity contribution in [2.75, 3.05) is 5.32 Å². The molecule has 17 heteroatoms. The van der Waals surface area contributed by atoms with Gasteiger partial charge in [0, 0.05) is 43.5 Å². The summed E-state index contributed by atoms with van der Waals surface area (Å²) in [5.41, 5.74) is -0.416. The van der Waals surface area contributed by atoms with E-state index in [2.05, 4.69) is 31.0 Å². The van der Waals surface area contributed by atoms with E-state index in [9.17, 15) is 36.7 Å². The fourth-order valence-electron chi connectivity index (χ4n) is 5.42. The van der Waals surface area contributed by atoms with Crippen molar-refractivity contribution >= 4 is 23.6 Å². The third kappa shape index (κ3) is 12.8. The molecule has 13 nitrogen and oxygen atoms in total. The fourth-order valence-corrected chi connectivity index (χ4v) is 5.42. The van der Waals surface area contributed by atoms with Gasteiger partial charge in [-0.15, -0.1) is 18.3 Å². The summed E-state index contributed by atoms with van der Waals surface area (Å²) in [5, 5.41) is 15.6. The SMILES string of the molecule is CC(C)(C)OC(=O)N[C@H]1CC[C@H](CC(=O)Nc2ccn(CCC(F)Cn3cc(C(=O)NCc4cccc(OC(F)(F)F)c4)nn3)c(=O)c2)CC1. The Hall–Kier alpha value is -4.96. The van der Waals surface area contributed by atoms with Crippen molar-refractivity contribution in [3.63, 3.8) is 0 Å². The largest absolute Gasteiger partial charge is 0.573 e. The number of alkyl halides is 4. The Morgan fingerprint density at radius 1 is 1.06 bits per heavy atom. The minimum atomic E-state index is -4.85. The highest BCUT2D eigenvalue weighted by Crippen LogP contribution is 2.28. The molecule has 0 spiro atoms. The molecule has 2 aromatic heterocycles. The number of nitrogens with zero attached hydrogens (tertiary/aromatic N) is 4. The molecular formula is C33H41F4N7O6. The Bertz CT molecular complexity index is 1680. The summed E-state index contributed by atoms with van der Waals surface area (Å²) in [7, 11) is 0. The van der Waals surface area contributed by atoms with E-state index < -0.39 is 41.4 Å². The number of aromatic nitrogens is 4. The van der Waals surface area contributed by atoms with Crippen molar-refractivity contribution < 1.29 is 41.4 Å². The third-order valence-corrected chi connectivity index (χ3v) is 7.75. The molecule has 1 atom stereocenters. The van der Waals surface area contributed by atoms with Crippen LogP contribution in [0.4, 0.5) is 28.0 Å². The number of aryl methyl sites for hydroxylation is 1. The summed E-state index contributed by atoms with van der Waals surface area (Å²) in [4.78, 5) is 49.7. The Morgan fingerprint density at radius 2 is 1.80 bits per heavy atom. The number of ether oxygens (including phenoxy) is 2. The summed E-state index contributed by atoms with van der Waals surface area (Å²) in [6.45, 7) is 5.11. The first-order valence-electron chi connectivity index (χ1n) is 16.2. The maximum Gasteiger partial charge on any atom is 0.573 e. The van der Waals surface area contributed by atoms with Crippen LogP contribution in [0.25, 0.3) is 0 Å². The molecule has 0 aliphatic heterocycles. The van der Waals surface area contributed by atoms with Gasteiger partial charge in [0.15, 0.2) is 5.69 Å². The van der Waals surface area contributed by atoms with E-state index in [-0.39, 0.29) is 56.0 Å².